The minimum absolute atomic E-state index is 0.00299. The first kappa shape index (κ1) is 18.2. The van der Waals surface area contributed by atoms with Crippen molar-refractivity contribution in [3.05, 3.63) is 70.8 Å². The highest BCUT2D eigenvalue weighted by atomic mass is 16.1. The van der Waals surface area contributed by atoms with Crippen molar-refractivity contribution in [2.45, 2.75) is 46.2 Å². The fourth-order valence-corrected chi connectivity index (χ4v) is 3.09. The minimum Gasteiger partial charge on any atom is -0.353 e. The molecule has 1 amide bonds. The molecule has 0 spiro atoms. The summed E-state index contributed by atoms with van der Waals surface area (Å²) < 4.78 is 0. The predicted molar refractivity (Wildman–Crippen MR) is 99.8 cm³/mol. The number of hydrogen-bond donors (Lipinski definition) is 2. The standard InChI is InChI=1S/C21H28N2O/c1-14-10-15(2)12-18(11-14)13-16(3)23-21(24)17(4)20(22)19-8-6-5-7-9-19/h5-12,16-17,20H,13,22H2,1-4H3,(H,23,24). The molecule has 0 bridgehead atoms. The van der Waals surface area contributed by atoms with Crippen molar-refractivity contribution in [3.63, 3.8) is 0 Å². The van der Waals surface area contributed by atoms with Crippen molar-refractivity contribution in [1.82, 2.24) is 5.32 Å². The zero-order valence-electron chi connectivity index (χ0n) is 15.0. The van der Waals surface area contributed by atoms with E-state index < -0.39 is 0 Å². The van der Waals surface area contributed by atoms with Gasteiger partial charge in [-0.15, -0.1) is 0 Å². The van der Waals surface area contributed by atoms with Gasteiger partial charge in [0, 0.05) is 12.1 Å². The number of nitrogens with one attached hydrogen (secondary N) is 1. The number of benzene rings is 2. The Morgan fingerprint density at radius 3 is 2.21 bits per heavy atom. The molecule has 3 heteroatoms. The molecule has 0 aliphatic carbocycles. The molecule has 2 aromatic rings. The van der Waals surface area contributed by atoms with E-state index >= 15 is 0 Å². The van der Waals surface area contributed by atoms with E-state index in [1.807, 2.05) is 44.2 Å². The Bertz CT molecular complexity index is 661. The Labute approximate surface area is 145 Å². The van der Waals surface area contributed by atoms with Gasteiger partial charge in [-0.1, -0.05) is 66.6 Å². The van der Waals surface area contributed by atoms with Crippen molar-refractivity contribution in [3.8, 4) is 0 Å². The average molecular weight is 324 g/mol. The molecule has 0 radical (unpaired) electrons. The second-order valence-electron chi connectivity index (χ2n) is 6.83. The Kier molecular flexibility index (Phi) is 6.16. The number of amides is 1. The van der Waals surface area contributed by atoms with Gasteiger partial charge in [0.25, 0.3) is 0 Å². The molecule has 3 N–H and O–H groups in total. The number of carbonyl (C=O) groups excluding carboxylic acids is 1. The number of nitrogens with two attached hydrogens (primary N) is 1. The van der Waals surface area contributed by atoms with Crippen LogP contribution in [-0.2, 0) is 11.2 Å². The first-order valence-electron chi connectivity index (χ1n) is 8.55. The number of rotatable bonds is 6. The Hall–Kier alpha value is -2.13. The second kappa shape index (κ2) is 8.11. The van der Waals surface area contributed by atoms with E-state index in [0.29, 0.717) is 0 Å². The molecule has 0 saturated carbocycles. The van der Waals surface area contributed by atoms with E-state index in [9.17, 15) is 4.79 Å². The second-order valence-corrected chi connectivity index (χ2v) is 6.83. The van der Waals surface area contributed by atoms with Gasteiger partial charge in [0.2, 0.25) is 5.91 Å². The van der Waals surface area contributed by atoms with Crippen LogP contribution < -0.4 is 11.1 Å². The van der Waals surface area contributed by atoms with Crippen molar-refractivity contribution in [2.75, 3.05) is 0 Å². The first-order chi connectivity index (χ1) is 11.4. The molecular formula is C21H28N2O. The third-order valence-electron chi connectivity index (χ3n) is 4.35. The molecule has 0 aliphatic rings. The van der Waals surface area contributed by atoms with Crippen LogP contribution in [0, 0.1) is 19.8 Å². The summed E-state index contributed by atoms with van der Waals surface area (Å²) in [6.07, 6.45) is 0.821. The van der Waals surface area contributed by atoms with E-state index in [2.05, 4.69) is 37.4 Å². The Morgan fingerprint density at radius 2 is 1.62 bits per heavy atom. The Morgan fingerprint density at radius 1 is 1.04 bits per heavy atom. The molecule has 3 nitrogen and oxygen atoms in total. The molecular weight excluding hydrogens is 296 g/mol. The zero-order valence-corrected chi connectivity index (χ0v) is 15.0. The van der Waals surface area contributed by atoms with E-state index in [0.717, 1.165) is 12.0 Å². The summed E-state index contributed by atoms with van der Waals surface area (Å²) >= 11 is 0. The molecule has 0 saturated heterocycles. The first-order valence-corrected chi connectivity index (χ1v) is 8.55. The summed E-state index contributed by atoms with van der Waals surface area (Å²) in [6.45, 7) is 8.12. The van der Waals surface area contributed by atoms with Crippen molar-refractivity contribution < 1.29 is 4.79 Å². The zero-order chi connectivity index (χ0) is 17.7. The lowest BCUT2D eigenvalue weighted by molar-refractivity contribution is -0.125. The van der Waals surface area contributed by atoms with Crippen LogP contribution in [0.4, 0.5) is 0 Å². The minimum atomic E-state index is -0.292. The highest BCUT2D eigenvalue weighted by molar-refractivity contribution is 5.79. The summed E-state index contributed by atoms with van der Waals surface area (Å²) in [4.78, 5) is 12.5. The fraction of sp³-hybridized carbons (Fsp3) is 0.381. The molecule has 3 unspecified atom stereocenters. The van der Waals surface area contributed by atoms with Gasteiger partial charge in [0.1, 0.15) is 0 Å². The summed E-state index contributed by atoms with van der Waals surface area (Å²) in [7, 11) is 0. The van der Waals surface area contributed by atoms with Crippen molar-refractivity contribution in [1.29, 1.82) is 0 Å². The van der Waals surface area contributed by atoms with E-state index in [1.54, 1.807) is 0 Å². The van der Waals surface area contributed by atoms with Gasteiger partial charge in [-0.05, 0) is 38.3 Å². The molecule has 128 valence electrons. The molecule has 0 heterocycles. The summed E-state index contributed by atoms with van der Waals surface area (Å²) in [5.41, 5.74) is 11.0. The molecule has 2 rings (SSSR count). The normalized spacial score (nSPS) is 14.7. The predicted octanol–water partition coefficient (Wildman–Crippen LogP) is 3.69. The summed E-state index contributed by atoms with van der Waals surface area (Å²) in [6, 6.07) is 16.1. The Balaban J connectivity index is 1.95. The van der Waals surface area contributed by atoms with Crippen LogP contribution >= 0.6 is 0 Å². The molecule has 24 heavy (non-hydrogen) atoms. The van der Waals surface area contributed by atoms with E-state index in [1.165, 1.54) is 16.7 Å². The van der Waals surface area contributed by atoms with Crippen LogP contribution in [0.3, 0.4) is 0 Å². The van der Waals surface area contributed by atoms with Crippen LogP contribution in [0.15, 0.2) is 48.5 Å². The SMILES string of the molecule is Cc1cc(C)cc(CC(C)NC(=O)C(C)C(N)c2ccccc2)c1. The molecule has 0 aromatic heterocycles. The topological polar surface area (TPSA) is 55.1 Å². The van der Waals surface area contributed by atoms with E-state index in [4.69, 9.17) is 5.73 Å². The van der Waals surface area contributed by atoms with Crippen molar-refractivity contribution >= 4 is 5.91 Å². The van der Waals surface area contributed by atoms with Gasteiger partial charge in [-0.3, -0.25) is 4.79 Å². The third-order valence-corrected chi connectivity index (χ3v) is 4.35. The van der Waals surface area contributed by atoms with Gasteiger partial charge in [0.15, 0.2) is 0 Å². The van der Waals surface area contributed by atoms with Crippen LogP contribution in [0.2, 0.25) is 0 Å². The maximum absolute atomic E-state index is 12.5. The maximum Gasteiger partial charge on any atom is 0.224 e. The van der Waals surface area contributed by atoms with Crippen LogP contribution in [0.25, 0.3) is 0 Å². The highest BCUT2D eigenvalue weighted by Gasteiger charge is 2.23. The summed E-state index contributed by atoms with van der Waals surface area (Å²) in [5, 5.41) is 3.10. The highest BCUT2D eigenvalue weighted by Crippen LogP contribution is 2.19. The molecule has 2 aromatic carbocycles. The average Bonchev–Trinajstić information content (AvgIpc) is 2.53. The van der Waals surface area contributed by atoms with Gasteiger partial charge in [0.05, 0.1) is 5.92 Å². The summed E-state index contributed by atoms with van der Waals surface area (Å²) in [5.74, 6) is -0.266. The van der Waals surface area contributed by atoms with Crippen LogP contribution in [-0.4, -0.2) is 11.9 Å². The van der Waals surface area contributed by atoms with Crippen LogP contribution in [0.1, 0.15) is 42.1 Å². The molecule has 3 atom stereocenters. The lowest BCUT2D eigenvalue weighted by Gasteiger charge is -2.22. The molecule has 0 aliphatic heterocycles. The maximum atomic E-state index is 12.5. The largest absolute Gasteiger partial charge is 0.353 e. The van der Waals surface area contributed by atoms with Gasteiger partial charge in [-0.25, -0.2) is 0 Å². The van der Waals surface area contributed by atoms with Gasteiger partial charge < -0.3 is 11.1 Å². The smallest absolute Gasteiger partial charge is 0.224 e. The number of aryl methyl sites for hydroxylation is 2. The van der Waals surface area contributed by atoms with E-state index in [-0.39, 0.29) is 23.9 Å². The van der Waals surface area contributed by atoms with Crippen molar-refractivity contribution in [2.24, 2.45) is 11.7 Å². The monoisotopic (exact) mass is 324 g/mol. The number of carbonyl (C=O) groups is 1. The van der Waals surface area contributed by atoms with Gasteiger partial charge in [-0.2, -0.15) is 0 Å². The van der Waals surface area contributed by atoms with Crippen LogP contribution in [0.5, 0.6) is 0 Å². The lowest BCUT2D eigenvalue weighted by Crippen LogP contribution is -2.41. The quantitative estimate of drug-likeness (QED) is 0.851. The lowest BCUT2D eigenvalue weighted by atomic mass is 9.94. The van der Waals surface area contributed by atoms with Gasteiger partial charge >= 0.3 is 0 Å². The fourth-order valence-electron chi connectivity index (χ4n) is 3.09. The molecule has 0 fully saturated rings. The third kappa shape index (κ3) is 4.93. The number of hydrogen-bond acceptors (Lipinski definition) is 2.